The summed E-state index contributed by atoms with van der Waals surface area (Å²) in [6, 6.07) is 6.77. The first-order valence-electron chi connectivity index (χ1n) is 13.7. The molecule has 12 heteroatoms. The zero-order valence-electron chi connectivity index (χ0n) is 24.3. The first-order valence-corrected chi connectivity index (χ1v) is 14.0. The number of methoxy groups -OCH3 is 3. The second-order valence-electron chi connectivity index (χ2n) is 10.8. The van der Waals surface area contributed by atoms with Crippen molar-refractivity contribution in [3.8, 4) is 28.7 Å². The fourth-order valence-electron chi connectivity index (χ4n) is 6.17. The van der Waals surface area contributed by atoms with Crippen molar-refractivity contribution in [3.05, 3.63) is 69.9 Å². The number of aryl methyl sites for hydroxylation is 1. The summed E-state index contributed by atoms with van der Waals surface area (Å²) in [7, 11) is 6.24. The number of Topliss-reactive ketones (excluding diaryl/α,β-unsaturated/α-hetero) is 2. The topological polar surface area (TPSA) is 127 Å². The molecule has 3 aromatic rings. The van der Waals surface area contributed by atoms with Crippen LogP contribution in [-0.4, -0.2) is 54.0 Å². The van der Waals surface area contributed by atoms with Gasteiger partial charge in [-0.25, -0.2) is 4.98 Å². The van der Waals surface area contributed by atoms with Crippen LogP contribution < -0.4 is 29.0 Å². The number of hydrogen-bond acceptors (Lipinski definition) is 9. The molecular formula is C31H30ClN3O8. The lowest BCUT2D eigenvalue weighted by molar-refractivity contribution is -0.131. The quantitative estimate of drug-likeness (QED) is 0.394. The lowest BCUT2D eigenvalue weighted by Crippen LogP contribution is -2.59. The van der Waals surface area contributed by atoms with Gasteiger partial charge in [0.25, 0.3) is 0 Å². The van der Waals surface area contributed by atoms with Crippen LogP contribution >= 0.6 is 11.6 Å². The first-order chi connectivity index (χ1) is 20.6. The Hall–Kier alpha value is -4.51. The molecule has 2 aliphatic heterocycles. The molecule has 43 heavy (non-hydrogen) atoms. The fourth-order valence-corrected chi connectivity index (χ4v) is 6.44. The maximum Gasteiger partial charge on any atom is 0.236 e. The number of imidazole rings is 1. The third kappa shape index (κ3) is 4.32. The van der Waals surface area contributed by atoms with Crippen LogP contribution in [0.3, 0.4) is 0 Å². The molecule has 1 N–H and O–H groups in total. The molecule has 224 valence electrons. The number of carbonyl (C=O) groups is 3. The van der Waals surface area contributed by atoms with E-state index in [1.54, 1.807) is 31.3 Å². The SMILES string of the molecule is COc1cc(C2CC(=O)NC3=C2C(=O)C2(Oc4c(Cl)c(OC)cc(OC)c4C2=O)C(C)C3)ccc1OCc1nccn1C. The van der Waals surface area contributed by atoms with Crippen LogP contribution in [0.15, 0.2) is 47.9 Å². The van der Waals surface area contributed by atoms with Crippen molar-refractivity contribution in [2.45, 2.75) is 37.9 Å². The Morgan fingerprint density at radius 1 is 1.02 bits per heavy atom. The van der Waals surface area contributed by atoms with Gasteiger partial charge in [0, 0.05) is 55.0 Å². The molecule has 1 spiro atoms. The maximum absolute atomic E-state index is 14.6. The molecule has 0 radical (unpaired) electrons. The second-order valence-corrected chi connectivity index (χ2v) is 11.1. The Morgan fingerprint density at radius 2 is 1.77 bits per heavy atom. The molecule has 0 bridgehead atoms. The van der Waals surface area contributed by atoms with Crippen molar-refractivity contribution >= 4 is 29.1 Å². The molecule has 3 atom stereocenters. The number of carbonyl (C=O) groups excluding carboxylic acids is 3. The summed E-state index contributed by atoms with van der Waals surface area (Å²) in [5.41, 5.74) is -0.363. The number of rotatable bonds is 7. The highest BCUT2D eigenvalue weighted by atomic mass is 35.5. The lowest BCUT2D eigenvalue weighted by Gasteiger charge is -2.41. The summed E-state index contributed by atoms with van der Waals surface area (Å²) >= 11 is 6.57. The summed E-state index contributed by atoms with van der Waals surface area (Å²) in [4.78, 5) is 45.9. The van der Waals surface area contributed by atoms with Gasteiger partial charge in [-0.05, 0) is 24.1 Å². The summed E-state index contributed by atoms with van der Waals surface area (Å²) < 4.78 is 30.6. The number of amides is 1. The van der Waals surface area contributed by atoms with E-state index in [1.807, 2.05) is 17.8 Å². The average molecular weight is 608 g/mol. The predicted octanol–water partition coefficient (Wildman–Crippen LogP) is 4.16. The van der Waals surface area contributed by atoms with Gasteiger partial charge in [-0.2, -0.15) is 0 Å². The minimum Gasteiger partial charge on any atom is -0.496 e. The van der Waals surface area contributed by atoms with Gasteiger partial charge in [-0.1, -0.05) is 24.6 Å². The van der Waals surface area contributed by atoms with Crippen LogP contribution in [0, 0.1) is 5.92 Å². The molecule has 3 heterocycles. The van der Waals surface area contributed by atoms with E-state index in [4.69, 9.17) is 35.3 Å². The van der Waals surface area contributed by atoms with Gasteiger partial charge in [0.15, 0.2) is 17.2 Å². The Morgan fingerprint density at radius 3 is 2.44 bits per heavy atom. The highest BCUT2D eigenvalue weighted by Gasteiger charge is 2.63. The van der Waals surface area contributed by atoms with Crippen LogP contribution in [0.2, 0.25) is 5.02 Å². The number of benzene rings is 2. The van der Waals surface area contributed by atoms with Crippen molar-refractivity contribution in [1.82, 2.24) is 14.9 Å². The first kappa shape index (κ1) is 28.6. The Bertz CT molecular complexity index is 1710. The van der Waals surface area contributed by atoms with Crippen LogP contribution in [0.25, 0.3) is 0 Å². The normalized spacial score (nSPS) is 22.6. The molecule has 6 rings (SSSR count). The third-order valence-corrected chi connectivity index (χ3v) is 8.78. The number of ether oxygens (including phenoxy) is 5. The van der Waals surface area contributed by atoms with Crippen LogP contribution in [0.5, 0.6) is 28.7 Å². The number of allylic oxidation sites excluding steroid dienone is 1. The van der Waals surface area contributed by atoms with E-state index >= 15 is 0 Å². The van der Waals surface area contributed by atoms with Gasteiger partial charge in [0.2, 0.25) is 23.1 Å². The van der Waals surface area contributed by atoms with Crippen molar-refractivity contribution in [3.63, 3.8) is 0 Å². The van der Waals surface area contributed by atoms with Crippen molar-refractivity contribution in [2.75, 3.05) is 21.3 Å². The van der Waals surface area contributed by atoms with E-state index in [-0.39, 0.29) is 53.2 Å². The number of nitrogens with zero attached hydrogens (tertiary/aromatic N) is 2. The van der Waals surface area contributed by atoms with Gasteiger partial charge >= 0.3 is 0 Å². The smallest absolute Gasteiger partial charge is 0.236 e. The molecule has 0 saturated carbocycles. The number of ketones is 2. The summed E-state index contributed by atoms with van der Waals surface area (Å²) in [6.07, 6.45) is 3.73. The van der Waals surface area contributed by atoms with Crippen molar-refractivity contribution in [1.29, 1.82) is 0 Å². The highest BCUT2D eigenvalue weighted by Crippen LogP contribution is 2.55. The van der Waals surface area contributed by atoms with E-state index < -0.39 is 29.0 Å². The summed E-state index contributed by atoms with van der Waals surface area (Å²) in [6.45, 7) is 1.96. The van der Waals surface area contributed by atoms with E-state index in [1.165, 1.54) is 27.4 Å². The van der Waals surface area contributed by atoms with E-state index in [2.05, 4.69) is 10.3 Å². The van der Waals surface area contributed by atoms with Crippen LogP contribution in [-0.2, 0) is 23.2 Å². The highest BCUT2D eigenvalue weighted by molar-refractivity contribution is 6.36. The van der Waals surface area contributed by atoms with Crippen LogP contribution in [0.4, 0.5) is 0 Å². The molecule has 2 aromatic carbocycles. The predicted molar refractivity (Wildman–Crippen MR) is 154 cm³/mol. The van der Waals surface area contributed by atoms with Gasteiger partial charge in [0.05, 0.1) is 21.3 Å². The second kappa shape index (κ2) is 10.6. The summed E-state index contributed by atoms with van der Waals surface area (Å²) in [5.74, 6) is -0.475. The molecule has 3 aliphatic rings. The minimum absolute atomic E-state index is 0.00922. The molecule has 0 fully saturated rings. The molecule has 1 aromatic heterocycles. The molecule has 1 amide bonds. The van der Waals surface area contributed by atoms with Gasteiger partial charge in [-0.15, -0.1) is 0 Å². The monoisotopic (exact) mass is 607 g/mol. The number of nitrogens with one attached hydrogen (secondary N) is 1. The third-order valence-electron chi connectivity index (χ3n) is 8.43. The van der Waals surface area contributed by atoms with Crippen molar-refractivity contribution in [2.24, 2.45) is 13.0 Å². The molecular weight excluding hydrogens is 578 g/mol. The number of hydrogen-bond donors (Lipinski definition) is 1. The van der Waals surface area contributed by atoms with Gasteiger partial charge < -0.3 is 33.6 Å². The van der Waals surface area contributed by atoms with E-state index in [0.29, 0.717) is 28.3 Å². The molecule has 3 unspecified atom stereocenters. The molecule has 11 nitrogen and oxygen atoms in total. The van der Waals surface area contributed by atoms with E-state index in [9.17, 15) is 14.4 Å². The van der Waals surface area contributed by atoms with Crippen LogP contribution in [0.1, 0.15) is 47.4 Å². The largest absolute Gasteiger partial charge is 0.496 e. The zero-order chi connectivity index (χ0) is 30.6. The van der Waals surface area contributed by atoms with Gasteiger partial charge in [-0.3, -0.25) is 14.4 Å². The fraction of sp³-hybridized carbons (Fsp3) is 0.355. The summed E-state index contributed by atoms with van der Waals surface area (Å²) in [5, 5.41) is 2.94. The zero-order valence-corrected chi connectivity index (χ0v) is 25.0. The van der Waals surface area contributed by atoms with E-state index in [0.717, 1.165) is 5.82 Å². The Kier molecular flexibility index (Phi) is 7.08. The van der Waals surface area contributed by atoms with Crippen molar-refractivity contribution < 1.29 is 38.1 Å². The standard InChI is InChI=1S/C31H30ClN3O8/c1-15-10-18-25(29(37)31(15)30(38)26-21(40-4)13-22(41-5)27(32)28(26)43-31)17(12-24(36)34-18)16-6-7-19(20(11-16)39-3)42-14-23-33-8-9-35(23)2/h6-9,11,13,15,17H,10,12,14H2,1-5H3,(H,34,36). The van der Waals surface area contributed by atoms with Gasteiger partial charge in [0.1, 0.15) is 34.5 Å². The number of halogens is 1. The Labute approximate surface area is 252 Å². The Balaban J connectivity index is 1.39. The number of fused-ring (bicyclic) bond motifs is 1. The molecule has 1 aliphatic carbocycles. The average Bonchev–Trinajstić information content (AvgIpc) is 3.55. The number of aromatic nitrogens is 2. The lowest BCUT2D eigenvalue weighted by atomic mass is 9.66. The molecule has 0 saturated heterocycles. The maximum atomic E-state index is 14.6. The minimum atomic E-state index is -1.89.